The smallest absolute Gasteiger partial charge is 0.276 e. The molecule has 0 bridgehead atoms. The highest BCUT2D eigenvalue weighted by atomic mass is 16.5. The van der Waals surface area contributed by atoms with Gasteiger partial charge in [-0.2, -0.15) is 5.10 Å². The minimum Gasteiger partial charge on any atom is -0.483 e. The summed E-state index contributed by atoms with van der Waals surface area (Å²) in [6, 6.07) is 14.9. The van der Waals surface area contributed by atoms with Crippen molar-refractivity contribution in [1.82, 2.24) is 20.6 Å². The highest BCUT2D eigenvalue weighted by molar-refractivity contribution is 5.95. The monoisotopic (exact) mass is 420 g/mol. The predicted octanol–water partition coefficient (Wildman–Crippen LogP) is 3.76. The van der Waals surface area contributed by atoms with Crippen molar-refractivity contribution in [3.63, 3.8) is 0 Å². The Kier molecular flexibility index (Phi) is 6.74. The number of rotatable bonds is 6. The quantitative estimate of drug-likeness (QED) is 0.595. The van der Waals surface area contributed by atoms with Gasteiger partial charge in [-0.3, -0.25) is 20.4 Å². The normalized spacial score (nSPS) is 10.8. The number of hydrogen-bond donors (Lipinski definition) is 2. The molecule has 3 aromatic rings. The van der Waals surface area contributed by atoms with Crippen LogP contribution in [0.1, 0.15) is 52.6 Å². The van der Waals surface area contributed by atoms with Gasteiger partial charge in [-0.15, -0.1) is 0 Å². The standard InChI is InChI=1S/C24H28N4O3/c1-15(2)21-11-6-16(3)12-22(21)31-14-23(29)25-26-24(30)19-7-9-20(10-8-19)28-18(5)13-17(4)27-28/h6-13,15H,14H2,1-5H3,(H,25,29)(H,26,30). The zero-order chi connectivity index (χ0) is 22.5. The summed E-state index contributed by atoms with van der Waals surface area (Å²) in [7, 11) is 0. The van der Waals surface area contributed by atoms with Gasteiger partial charge in [0.1, 0.15) is 5.75 Å². The fourth-order valence-corrected chi connectivity index (χ4v) is 3.27. The van der Waals surface area contributed by atoms with Crippen molar-refractivity contribution in [2.75, 3.05) is 6.61 Å². The number of nitrogens with zero attached hydrogens (tertiary/aromatic N) is 2. The van der Waals surface area contributed by atoms with Gasteiger partial charge in [-0.25, -0.2) is 4.68 Å². The third-order valence-corrected chi connectivity index (χ3v) is 4.85. The molecular formula is C24H28N4O3. The van der Waals surface area contributed by atoms with Crippen LogP contribution in [0, 0.1) is 20.8 Å². The first-order valence-corrected chi connectivity index (χ1v) is 10.2. The maximum Gasteiger partial charge on any atom is 0.276 e. The van der Waals surface area contributed by atoms with Gasteiger partial charge in [0.25, 0.3) is 11.8 Å². The SMILES string of the molecule is Cc1ccc(C(C)C)c(OCC(=O)NNC(=O)c2ccc(-n3nc(C)cc3C)cc2)c1. The van der Waals surface area contributed by atoms with Crippen molar-refractivity contribution < 1.29 is 14.3 Å². The van der Waals surface area contributed by atoms with Crippen molar-refractivity contribution in [2.45, 2.75) is 40.5 Å². The Labute approximate surface area is 182 Å². The average Bonchev–Trinajstić information content (AvgIpc) is 3.08. The predicted molar refractivity (Wildman–Crippen MR) is 119 cm³/mol. The van der Waals surface area contributed by atoms with E-state index in [9.17, 15) is 9.59 Å². The van der Waals surface area contributed by atoms with Crippen LogP contribution in [0.2, 0.25) is 0 Å². The first-order valence-electron chi connectivity index (χ1n) is 10.2. The number of aromatic nitrogens is 2. The molecule has 0 spiro atoms. The van der Waals surface area contributed by atoms with Crippen molar-refractivity contribution in [1.29, 1.82) is 0 Å². The van der Waals surface area contributed by atoms with Gasteiger partial charge < -0.3 is 4.74 Å². The van der Waals surface area contributed by atoms with E-state index in [1.165, 1.54) is 0 Å². The molecule has 7 heteroatoms. The summed E-state index contributed by atoms with van der Waals surface area (Å²) in [4.78, 5) is 24.5. The number of hydrogen-bond acceptors (Lipinski definition) is 4. The molecule has 0 aliphatic heterocycles. The van der Waals surface area contributed by atoms with Gasteiger partial charge in [0.2, 0.25) is 0 Å². The van der Waals surface area contributed by atoms with Crippen LogP contribution in [-0.4, -0.2) is 28.2 Å². The summed E-state index contributed by atoms with van der Waals surface area (Å²) in [5, 5.41) is 4.43. The van der Waals surface area contributed by atoms with Crippen LogP contribution in [0.3, 0.4) is 0 Å². The van der Waals surface area contributed by atoms with Crippen LogP contribution in [0.5, 0.6) is 5.75 Å². The summed E-state index contributed by atoms with van der Waals surface area (Å²) >= 11 is 0. The number of amides is 2. The molecule has 0 radical (unpaired) electrons. The number of hydrazine groups is 1. The van der Waals surface area contributed by atoms with E-state index < -0.39 is 11.8 Å². The second-order valence-corrected chi connectivity index (χ2v) is 7.87. The van der Waals surface area contributed by atoms with Gasteiger partial charge in [-0.05, 0) is 74.2 Å². The largest absolute Gasteiger partial charge is 0.483 e. The third kappa shape index (κ3) is 5.51. The molecule has 3 rings (SSSR count). The molecule has 0 atom stereocenters. The molecule has 0 saturated carbocycles. The van der Waals surface area contributed by atoms with Crippen LogP contribution in [0.4, 0.5) is 0 Å². The molecular weight excluding hydrogens is 392 g/mol. The summed E-state index contributed by atoms with van der Waals surface area (Å²) in [5.41, 5.74) is 10.1. The minimum atomic E-state index is -0.441. The molecule has 2 aromatic carbocycles. The fourth-order valence-electron chi connectivity index (χ4n) is 3.27. The highest BCUT2D eigenvalue weighted by Crippen LogP contribution is 2.27. The van der Waals surface area contributed by atoms with Gasteiger partial charge >= 0.3 is 0 Å². The number of ether oxygens (including phenoxy) is 1. The molecule has 162 valence electrons. The second kappa shape index (κ2) is 9.47. The highest BCUT2D eigenvalue weighted by Gasteiger charge is 2.12. The summed E-state index contributed by atoms with van der Waals surface area (Å²) in [6.45, 7) is 9.81. The van der Waals surface area contributed by atoms with Gasteiger partial charge in [-0.1, -0.05) is 26.0 Å². The van der Waals surface area contributed by atoms with E-state index in [0.29, 0.717) is 11.3 Å². The Morgan fingerprint density at radius 3 is 2.32 bits per heavy atom. The van der Waals surface area contributed by atoms with Crippen LogP contribution in [0.15, 0.2) is 48.5 Å². The summed E-state index contributed by atoms with van der Waals surface area (Å²) < 4.78 is 7.50. The molecule has 0 saturated heterocycles. The lowest BCUT2D eigenvalue weighted by atomic mass is 10.0. The van der Waals surface area contributed by atoms with Crippen molar-refractivity contribution in [2.24, 2.45) is 0 Å². The Hall–Kier alpha value is -3.61. The molecule has 2 amide bonds. The topological polar surface area (TPSA) is 85.3 Å². The Morgan fingerprint density at radius 2 is 1.71 bits per heavy atom. The molecule has 0 aliphatic rings. The van der Waals surface area contributed by atoms with Crippen molar-refractivity contribution in [3.8, 4) is 11.4 Å². The van der Waals surface area contributed by atoms with Gasteiger partial charge in [0.05, 0.1) is 11.4 Å². The lowest BCUT2D eigenvalue weighted by Gasteiger charge is -2.15. The Balaban J connectivity index is 1.54. The second-order valence-electron chi connectivity index (χ2n) is 7.87. The van der Waals surface area contributed by atoms with E-state index in [2.05, 4.69) is 29.8 Å². The molecule has 2 N–H and O–H groups in total. The van der Waals surface area contributed by atoms with E-state index in [1.807, 2.05) is 61.9 Å². The zero-order valence-electron chi connectivity index (χ0n) is 18.5. The maximum absolute atomic E-state index is 12.3. The fraction of sp³-hybridized carbons (Fsp3) is 0.292. The average molecular weight is 421 g/mol. The number of aryl methyl sites for hydroxylation is 3. The zero-order valence-corrected chi connectivity index (χ0v) is 18.5. The van der Waals surface area contributed by atoms with Crippen LogP contribution >= 0.6 is 0 Å². The lowest BCUT2D eigenvalue weighted by molar-refractivity contribution is -0.123. The van der Waals surface area contributed by atoms with Gasteiger partial charge in [0, 0.05) is 11.3 Å². The molecule has 7 nitrogen and oxygen atoms in total. The van der Waals surface area contributed by atoms with Crippen LogP contribution < -0.4 is 15.6 Å². The first-order chi connectivity index (χ1) is 14.7. The summed E-state index contributed by atoms with van der Waals surface area (Å²) in [6.07, 6.45) is 0. The van der Waals surface area contributed by atoms with E-state index in [-0.39, 0.29) is 12.5 Å². The van der Waals surface area contributed by atoms with Crippen LogP contribution in [0.25, 0.3) is 5.69 Å². The van der Waals surface area contributed by atoms with Crippen LogP contribution in [-0.2, 0) is 4.79 Å². The van der Waals surface area contributed by atoms with Crippen molar-refractivity contribution >= 4 is 11.8 Å². The molecule has 0 unspecified atom stereocenters. The molecule has 1 heterocycles. The first kappa shape index (κ1) is 22.1. The maximum atomic E-state index is 12.3. The summed E-state index contributed by atoms with van der Waals surface area (Å²) in [5.74, 6) is 0.0995. The third-order valence-electron chi connectivity index (χ3n) is 4.85. The Morgan fingerprint density at radius 1 is 1.00 bits per heavy atom. The Bertz CT molecular complexity index is 1080. The lowest BCUT2D eigenvalue weighted by Crippen LogP contribution is -2.43. The van der Waals surface area contributed by atoms with Crippen molar-refractivity contribution in [3.05, 3.63) is 76.6 Å². The number of nitrogens with one attached hydrogen (secondary N) is 2. The van der Waals surface area contributed by atoms with E-state index in [1.54, 1.807) is 12.1 Å². The number of carbonyl (C=O) groups excluding carboxylic acids is 2. The minimum absolute atomic E-state index is 0.194. The number of carbonyl (C=O) groups is 2. The van der Waals surface area contributed by atoms with E-state index >= 15 is 0 Å². The van der Waals surface area contributed by atoms with E-state index in [4.69, 9.17) is 4.74 Å². The molecule has 31 heavy (non-hydrogen) atoms. The molecule has 1 aromatic heterocycles. The number of benzene rings is 2. The molecule has 0 fully saturated rings. The molecule has 0 aliphatic carbocycles. The van der Waals surface area contributed by atoms with E-state index in [0.717, 1.165) is 28.2 Å². The van der Waals surface area contributed by atoms with Gasteiger partial charge in [0.15, 0.2) is 6.61 Å².